The molecule has 0 unspecified atom stereocenters. The molecule has 0 fully saturated rings. The first-order valence-electron chi connectivity index (χ1n) is 4.42. The number of aliphatic hydroxyl groups excluding tert-OH is 1. The second-order valence-corrected chi connectivity index (χ2v) is 3.79. The highest BCUT2D eigenvalue weighted by Gasteiger charge is 2.16. The van der Waals surface area contributed by atoms with Crippen LogP contribution >= 0.6 is 0 Å². The maximum Gasteiger partial charge on any atom is 0.407 e. The molecule has 1 amide bonds. The number of alkyl carbamates (subject to hydrolysis) is 1. The number of hydrogen-bond donors (Lipinski definition) is 2. The minimum Gasteiger partial charge on any atom is -0.444 e. The zero-order valence-corrected chi connectivity index (χ0v) is 9.05. The quantitative estimate of drug-likeness (QED) is 0.649. The van der Waals surface area contributed by atoms with Crippen molar-refractivity contribution in [3.05, 3.63) is 0 Å². The monoisotopic (exact) mass is 199 g/mol. The van der Waals surface area contributed by atoms with Gasteiger partial charge in [0.05, 0.1) is 6.54 Å². The summed E-state index contributed by atoms with van der Waals surface area (Å²) in [5.74, 6) is 5.05. The van der Waals surface area contributed by atoms with E-state index in [0.29, 0.717) is 0 Å². The van der Waals surface area contributed by atoms with Crippen molar-refractivity contribution in [2.24, 2.45) is 0 Å². The maximum atomic E-state index is 11.1. The Bertz CT molecular complexity index is 244. The predicted octanol–water partition coefficient (Wildman–Crippen LogP) is 0.895. The molecule has 0 aromatic carbocycles. The maximum absolute atomic E-state index is 11.1. The SMILES string of the molecule is CC#C[C@@H](O)CNC(=O)OC(C)(C)C. The molecule has 0 rings (SSSR count). The number of nitrogens with one attached hydrogen (secondary N) is 1. The molecular weight excluding hydrogens is 182 g/mol. The summed E-state index contributed by atoms with van der Waals surface area (Å²) in [7, 11) is 0. The van der Waals surface area contributed by atoms with E-state index in [0.717, 1.165) is 0 Å². The van der Waals surface area contributed by atoms with Gasteiger partial charge in [0, 0.05) is 0 Å². The average Bonchev–Trinajstić information content (AvgIpc) is 1.98. The molecular formula is C10H17NO3. The molecule has 14 heavy (non-hydrogen) atoms. The number of aliphatic hydroxyl groups is 1. The van der Waals surface area contributed by atoms with Gasteiger partial charge in [0.15, 0.2) is 0 Å². The Morgan fingerprint density at radius 3 is 2.57 bits per heavy atom. The van der Waals surface area contributed by atoms with Gasteiger partial charge in [-0.2, -0.15) is 0 Å². The van der Waals surface area contributed by atoms with E-state index >= 15 is 0 Å². The lowest BCUT2D eigenvalue weighted by Crippen LogP contribution is -2.36. The van der Waals surface area contributed by atoms with Gasteiger partial charge in [-0.3, -0.25) is 0 Å². The van der Waals surface area contributed by atoms with Crippen molar-refractivity contribution < 1.29 is 14.6 Å². The smallest absolute Gasteiger partial charge is 0.407 e. The summed E-state index contributed by atoms with van der Waals surface area (Å²) in [5, 5.41) is 11.6. The van der Waals surface area contributed by atoms with Crippen molar-refractivity contribution in [2.45, 2.75) is 39.4 Å². The number of rotatable bonds is 2. The van der Waals surface area contributed by atoms with E-state index in [1.807, 2.05) is 0 Å². The molecule has 4 heteroatoms. The van der Waals surface area contributed by atoms with Gasteiger partial charge in [0.1, 0.15) is 11.7 Å². The van der Waals surface area contributed by atoms with E-state index < -0.39 is 17.8 Å². The van der Waals surface area contributed by atoms with Gasteiger partial charge in [-0.1, -0.05) is 5.92 Å². The number of hydrogen-bond acceptors (Lipinski definition) is 3. The van der Waals surface area contributed by atoms with E-state index in [9.17, 15) is 4.79 Å². The van der Waals surface area contributed by atoms with Crippen LogP contribution in [-0.2, 0) is 4.74 Å². The van der Waals surface area contributed by atoms with Gasteiger partial charge < -0.3 is 15.2 Å². The molecule has 0 radical (unpaired) electrons. The summed E-state index contributed by atoms with van der Waals surface area (Å²) in [6.07, 6.45) is -1.39. The van der Waals surface area contributed by atoms with E-state index in [-0.39, 0.29) is 6.54 Å². The van der Waals surface area contributed by atoms with Crippen LogP contribution in [0.15, 0.2) is 0 Å². The van der Waals surface area contributed by atoms with Gasteiger partial charge in [0.25, 0.3) is 0 Å². The van der Waals surface area contributed by atoms with E-state index in [1.54, 1.807) is 27.7 Å². The predicted molar refractivity (Wildman–Crippen MR) is 53.7 cm³/mol. The Morgan fingerprint density at radius 1 is 1.57 bits per heavy atom. The van der Waals surface area contributed by atoms with Crippen LogP contribution in [0.5, 0.6) is 0 Å². The Labute approximate surface area is 84.6 Å². The van der Waals surface area contributed by atoms with Crippen LogP contribution in [-0.4, -0.2) is 29.4 Å². The average molecular weight is 199 g/mol. The second kappa shape index (κ2) is 5.51. The number of ether oxygens (including phenoxy) is 1. The molecule has 0 spiro atoms. The zero-order chi connectivity index (χ0) is 11.2. The highest BCUT2D eigenvalue weighted by molar-refractivity contribution is 5.67. The number of carbonyl (C=O) groups excluding carboxylic acids is 1. The summed E-state index contributed by atoms with van der Waals surface area (Å²) in [4.78, 5) is 11.1. The van der Waals surface area contributed by atoms with E-state index in [2.05, 4.69) is 17.2 Å². The lowest BCUT2D eigenvalue weighted by Gasteiger charge is -2.19. The molecule has 0 heterocycles. The first-order chi connectivity index (χ1) is 6.35. The van der Waals surface area contributed by atoms with E-state index in [1.165, 1.54) is 0 Å². The molecule has 0 aliphatic heterocycles. The molecule has 0 aliphatic carbocycles. The molecule has 0 bridgehead atoms. The second-order valence-electron chi connectivity index (χ2n) is 3.79. The lowest BCUT2D eigenvalue weighted by molar-refractivity contribution is 0.0507. The first kappa shape index (κ1) is 12.8. The topological polar surface area (TPSA) is 58.6 Å². The molecule has 4 nitrogen and oxygen atoms in total. The van der Waals surface area contributed by atoms with E-state index in [4.69, 9.17) is 9.84 Å². The Hall–Kier alpha value is -1.21. The number of carbonyl (C=O) groups is 1. The van der Waals surface area contributed by atoms with Crippen molar-refractivity contribution >= 4 is 6.09 Å². The third-order valence-corrected chi connectivity index (χ3v) is 1.15. The van der Waals surface area contributed by atoms with Crippen LogP contribution in [0, 0.1) is 11.8 Å². The molecule has 0 aliphatic rings. The first-order valence-corrected chi connectivity index (χ1v) is 4.42. The summed E-state index contributed by atoms with van der Waals surface area (Å²) in [6, 6.07) is 0. The molecule has 0 saturated heterocycles. The minimum atomic E-state index is -0.840. The molecule has 0 aromatic heterocycles. The van der Waals surface area contributed by atoms with Gasteiger partial charge in [0.2, 0.25) is 0 Å². The Balaban J connectivity index is 3.79. The van der Waals surface area contributed by atoms with Gasteiger partial charge in [-0.15, -0.1) is 5.92 Å². The highest BCUT2D eigenvalue weighted by Crippen LogP contribution is 2.06. The van der Waals surface area contributed by atoms with Crippen molar-refractivity contribution in [3.63, 3.8) is 0 Å². The molecule has 0 saturated carbocycles. The summed E-state index contributed by atoms with van der Waals surface area (Å²) in [6.45, 7) is 7.02. The summed E-state index contributed by atoms with van der Waals surface area (Å²) in [5.41, 5.74) is -0.522. The molecule has 0 aromatic rings. The third-order valence-electron chi connectivity index (χ3n) is 1.15. The fourth-order valence-electron chi connectivity index (χ4n) is 0.712. The summed E-state index contributed by atoms with van der Waals surface area (Å²) < 4.78 is 4.96. The van der Waals surface area contributed by atoms with Gasteiger partial charge >= 0.3 is 6.09 Å². The fraction of sp³-hybridized carbons (Fsp3) is 0.700. The largest absolute Gasteiger partial charge is 0.444 e. The van der Waals surface area contributed by atoms with Crippen molar-refractivity contribution in [3.8, 4) is 11.8 Å². The normalized spacial score (nSPS) is 12.4. The molecule has 80 valence electrons. The standard InChI is InChI=1S/C10H17NO3/c1-5-6-8(12)7-11-9(13)14-10(2,3)4/h8,12H,7H2,1-4H3,(H,11,13)/t8-/m1/s1. The van der Waals surface area contributed by atoms with Crippen molar-refractivity contribution in [1.29, 1.82) is 0 Å². The summed E-state index contributed by atoms with van der Waals surface area (Å²) >= 11 is 0. The van der Waals surface area contributed by atoms with Gasteiger partial charge in [-0.25, -0.2) is 4.79 Å². The number of amides is 1. The fourth-order valence-corrected chi connectivity index (χ4v) is 0.712. The van der Waals surface area contributed by atoms with Crippen LogP contribution < -0.4 is 5.32 Å². The Kier molecular flexibility index (Phi) is 5.03. The van der Waals surface area contributed by atoms with Crippen LogP contribution in [0.1, 0.15) is 27.7 Å². The zero-order valence-electron chi connectivity index (χ0n) is 9.05. The van der Waals surface area contributed by atoms with Crippen LogP contribution in [0.25, 0.3) is 0 Å². The van der Waals surface area contributed by atoms with Crippen LogP contribution in [0.2, 0.25) is 0 Å². The molecule has 1 atom stereocenters. The van der Waals surface area contributed by atoms with Gasteiger partial charge in [-0.05, 0) is 27.7 Å². The van der Waals surface area contributed by atoms with Crippen LogP contribution in [0.3, 0.4) is 0 Å². The lowest BCUT2D eigenvalue weighted by atomic mass is 10.2. The highest BCUT2D eigenvalue weighted by atomic mass is 16.6. The van der Waals surface area contributed by atoms with Crippen molar-refractivity contribution in [2.75, 3.05) is 6.54 Å². The minimum absolute atomic E-state index is 0.0791. The molecule has 2 N–H and O–H groups in total. The van der Waals surface area contributed by atoms with Crippen molar-refractivity contribution in [1.82, 2.24) is 5.32 Å². The van der Waals surface area contributed by atoms with Crippen LogP contribution in [0.4, 0.5) is 4.79 Å². The Morgan fingerprint density at radius 2 is 2.14 bits per heavy atom. The third kappa shape index (κ3) is 7.44.